The van der Waals surface area contributed by atoms with Gasteiger partial charge in [-0.2, -0.15) is 0 Å². The maximum Gasteiger partial charge on any atom is 0.0441 e. The van der Waals surface area contributed by atoms with Gasteiger partial charge in [-0.1, -0.05) is 36.2 Å². The van der Waals surface area contributed by atoms with Crippen molar-refractivity contribution in [1.82, 2.24) is 0 Å². The molecule has 1 aromatic carbocycles. The van der Waals surface area contributed by atoms with E-state index < -0.39 is 0 Å². The number of hydrogen-bond acceptors (Lipinski definition) is 1. The fraction of sp³-hybridized carbons (Fsp3) is 0.455. The molecule has 2 N–H and O–H groups in total. The van der Waals surface area contributed by atoms with Crippen molar-refractivity contribution in [2.24, 2.45) is 5.73 Å². The predicted molar refractivity (Wildman–Crippen MR) is 56.0 cm³/mol. The van der Waals surface area contributed by atoms with Crippen LogP contribution in [0.15, 0.2) is 24.3 Å². The molecule has 1 saturated carbocycles. The van der Waals surface area contributed by atoms with Gasteiger partial charge in [-0.3, -0.25) is 0 Å². The summed E-state index contributed by atoms with van der Waals surface area (Å²) in [7, 11) is 0. The predicted octanol–water partition coefficient (Wildman–Crippen LogP) is 2.93. The normalized spacial score (nSPS) is 27.8. The fourth-order valence-electron chi connectivity index (χ4n) is 2.15. The molecule has 0 bridgehead atoms. The van der Waals surface area contributed by atoms with E-state index in [1.54, 1.807) is 0 Å². The maximum absolute atomic E-state index is 6.11. The van der Waals surface area contributed by atoms with Crippen molar-refractivity contribution in [2.45, 2.75) is 31.2 Å². The molecular formula is C11H14ClN. The van der Waals surface area contributed by atoms with Gasteiger partial charge in [0.1, 0.15) is 0 Å². The van der Waals surface area contributed by atoms with E-state index in [9.17, 15) is 0 Å². The van der Waals surface area contributed by atoms with Crippen LogP contribution in [0, 0.1) is 0 Å². The fourth-order valence-corrected chi connectivity index (χ4v) is 2.43. The van der Waals surface area contributed by atoms with Gasteiger partial charge in [0.05, 0.1) is 0 Å². The SMILES string of the molecule is N[C@@H]1CCC[C@H]1c1ccccc1Cl. The number of halogens is 1. The van der Waals surface area contributed by atoms with Crippen LogP contribution >= 0.6 is 11.6 Å². The third-order valence-electron chi connectivity index (χ3n) is 2.87. The number of benzene rings is 1. The Morgan fingerprint density at radius 1 is 1.23 bits per heavy atom. The molecule has 0 aromatic heterocycles. The molecule has 0 unspecified atom stereocenters. The molecule has 0 heterocycles. The van der Waals surface area contributed by atoms with Crippen molar-refractivity contribution >= 4 is 11.6 Å². The molecule has 0 spiro atoms. The zero-order chi connectivity index (χ0) is 9.26. The number of hydrogen-bond donors (Lipinski definition) is 1. The minimum atomic E-state index is 0.305. The third kappa shape index (κ3) is 1.72. The molecular weight excluding hydrogens is 182 g/mol. The molecule has 1 fully saturated rings. The minimum Gasteiger partial charge on any atom is -0.327 e. The van der Waals surface area contributed by atoms with Crippen LogP contribution in [0.3, 0.4) is 0 Å². The topological polar surface area (TPSA) is 26.0 Å². The second-order valence-electron chi connectivity index (χ2n) is 3.72. The molecule has 0 aliphatic heterocycles. The molecule has 0 radical (unpaired) electrons. The van der Waals surface area contributed by atoms with Crippen LogP contribution in [0.4, 0.5) is 0 Å². The first-order valence-electron chi connectivity index (χ1n) is 4.79. The van der Waals surface area contributed by atoms with Crippen molar-refractivity contribution in [3.8, 4) is 0 Å². The van der Waals surface area contributed by atoms with E-state index in [0.29, 0.717) is 12.0 Å². The van der Waals surface area contributed by atoms with Gasteiger partial charge in [0.15, 0.2) is 0 Å². The number of rotatable bonds is 1. The molecule has 0 saturated heterocycles. The smallest absolute Gasteiger partial charge is 0.0441 e. The van der Waals surface area contributed by atoms with Crippen molar-refractivity contribution in [2.75, 3.05) is 0 Å². The van der Waals surface area contributed by atoms with Crippen molar-refractivity contribution < 1.29 is 0 Å². The maximum atomic E-state index is 6.11. The largest absolute Gasteiger partial charge is 0.327 e. The summed E-state index contributed by atoms with van der Waals surface area (Å²) in [6.45, 7) is 0. The summed E-state index contributed by atoms with van der Waals surface area (Å²) in [5.74, 6) is 0.480. The summed E-state index contributed by atoms with van der Waals surface area (Å²) in [6.07, 6.45) is 3.55. The van der Waals surface area contributed by atoms with E-state index in [4.69, 9.17) is 17.3 Å². The van der Waals surface area contributed by atoms with Crippen molar-refractivity contribution in [3.05, 3.63) is 34.9 Å². The zero-order valence-corrected chi connectivity index (χ0v) is 8.30. The Morgan fingerprint density at radius 3 is 2.62 bits per heavy atom. The van der Waals surface area contributed by atoms with Gasteiger partial charge >= 0.3 is 0 Å². The average molecular weight is 196 g/mol. The first-order valence-corrected chi connectivity index (χ1v) is 5.17. The highest BCUT2D eigenvalue weighted by Crippen LogP contribution is 2.36. The van der Waals surface area contributed by atoms with E-state index in [0.717, 1.165) is 11.4 Å². The van der Waals surface area contributed by atoms with Crippen LogP contribution < -0.4 is 5.73 Å². The second-order valence-corrected chi connectivity index (χ2v) is 4.13. The second kappa shape index (κ2) is 3.69. The van der Waals surface area contributed by atoms with Gasteiger partial charge in [-0.25, -0.2) is 0 Å². The van der Waals surface area contributed by atoms with Gasteiger partial charge in [-0.05, 0) is 24.5 Å². The van der Waals surface area contributed by atoms with E-state index in [2.05, 4.69) is 6.07 Å². The van der Waals surface area contributed by atoms with Crippen molar-refractivity contribution in [1.29, 1.82) is 0 Å². The number of nitrogens with two attached hydrogens (primary N) is 1. The summed E-state index contributed by atoms with van der Waals surface area (Å²) in [5, 5.41) is 0.866. The quantitative estimate of drug-likeness (QED) is 0.733. The Hall–Kier alpha value is -0.530. The molecule has 2 heteroatoms. The van der Waals surface area contributed by atoms with Crippen LogP contribution in [0.2, 0.25) is 5.02 Å². The summed E-state index contributed by atoms with van der Waals surface area (Å²) in [6, 6.07) is 8.35. The first-order chi connectivity index (χ1) is 6.29. The van der Waals surface area contributed by atoms with Crippen LogP contribution in [-0.2, 0) is 0 Å². The lowest BCUT2D eigenvalue weighted by Gasteiger charge is -2.16. The Kier molecular flexibility index (Phi) is 2.56. The summed E-state index contributed by atoms with van der Waals surface area (Å²) in [5.41, 5.74) is 7.25. The molecule has 1 nitrogen and oxygen atoms in total. The highest BCUT2D eigenvalue weighted by atomic mass is 35.5. The Labute approximate surface area is 83.9 Å². The molecule has 2 atom stereocenters. The standard InChI is InChI=1S/C11H14ClN/c12-10-6-2-1-4-8(10)9-5-3-7-11(9)13/h1-2,4,6,9,11H,3,5,7,13H2/t9-,11+/m0/s1. The van der Waals surface area contributed by atoms with Crippen LogP contribution in [0.25, 0.3) is 0 Å². The molecule has 1 aliphatic carbocycles. The molecule has 1 aliphatic rings. The highest BCUT2D eigenvalue weighted by Gasteiger charge is 2.26. The Bertz CT molecular complexity index is 298. The molecule has 1 aromatic rings. The molecule has 70 valence electrons. The van der Waals surface area contributed by atoms with Gasteiger partial charge in [-0.15, -0.1) is 0 Å². The van der Waals surface area contributed by atoms with Gasteiger partial charge < -0.3 is 5.73 Å². The van der Waals surface area contributed by atoms with E-state index in [1.807, 2.05) is 18.2 Å². The molecule has 2 rings (SSSR count). The van der Waals surface area contributed by atoms with Crippen LogP contribution in [0.5, 0.6) is 0 Å². The van der Waals surface area contributed by atoms with E-state index in [-0.39, 0.29) is 0 Å². The van der Waals surface area contributed by atoms with E-state index >= 15 is 0 Å². The Balaban J connectivity index is 2.29. The van der Waals surface area contributed by atoms with Crippen molar-refractivity contribution in [3.63, 3.8) is 0 Å². The van der Waals surface area contributed by atoms with Crippen LogP contribution in [0.1, 0.15) is 30.7 Å². The molecule has 0 amide bonds. The van der Waals surface area contributed by atoms with Crippen LogP contribution in [-0.4, -0.2) is 6.04 Å². The average Bonchev–Trinajstić information content (AvgIpc) is 2.52. The lowest BCUT2D eigenvalue weighted by Crippen LogP contribution is -2.22. The minimum absolute atomic E-state index is 0.305. The van der Waals surface area contributed by atoms with Gasteiger partial charge in [0.2, 0.25) is 0 Å². The zero-order valence-electron chi connectivity index (χ0n) is 7.54. The third-order valence-corrected chi connectivity index (χ3v) is 3.22. The van der Waals surface area contributed by atoms with E-state index in [1.165, 1.54) is 18.4 Å². The lowest BCUT2D eigenvalue weighted by molar-refractivity contribution is 0.613. The summed E-state index contributed by atoms with van der Waals surface area (Å²) < 4.78 is 0. The summed E-state index contributed by atoms with van der Waals surface area (Å²) in [4.78, 5) is 0. The van der Waals surface area contributed by atoms with Gasteiger partial charge in [0, 0.05) is 17.0 Å². The van der Waals surface area contributed by atoms with Gasteiger partial charge in [0.25, 0.3) is 0 Å². The first kappa shape index (κ1) is 9.04. The highest BCUT2D eigenvalue weighted by molar-refractivity contribution is 6.31. The Morgan fingerprint density at radius 2 is 2.00 bits per heavy atom. The molecule has 13 heavy (non-hydrogen) atoms. The lowest BCUT2D eigenvalue weighted by atomic mass is 9.95. The summed E-state index contributed by atoms with van der Waals surface area (Å²) >= 11 is 6.11. The monoisotopic (exact) mass is 195 g/mol.